The molecule has 3 atom stereocenters. The Balaban J connectivity index is 1.78. The number of nitriles is 1. The molecule has 2 aromatic rings. The predicted molar refractivity (Wildman–Crippen MR) is 132 cm³/mol. The van der Waals surface area contributed by atoms with Crippen molar-refractivity contribution in [2.75, 3.05) is 13.2 Å². The van der Waals surface area contributed by atoms with Crippen LogP contribution in [0.3, 0.4) is 0 Å². The molecule has 2 aromatic heterocycles. The van der Waals surface area contributed by atoms with Gasteiger partial charge in [-0.15, -0.1) is 5.10 Å². The quantitative estimate of drug-likeness (QED) is 0.288. The van der Waals surface area contributed by atoms with Gasteiger partial charge in [-0.3, -0.25) is 4.68 Å². The van der Waals surface area contributed by atoms with Crippen molar-refractivity contribution in [1.82, 2.24) is 14.8 Å². The fraction of sp³-hybridized carbons (Fsp3) is 0.625. The molecule has 3 unspecified atom stereocenters. The second-order valence-electron chi connectivity index (χ2n) is 10.1. The second kappa shape index (κ2) is 10.0. The van der Waals surface area contributed by atoms with E-state index in [0.717, 1.165) is 24.0 Å². The van der Waals surface area contributed by atoms with E-state index in [1.165, 1.54) is 0 Å². The van der Waals surface area contributed by atoms with Crippen LogP contribution in [0.2, 0.25) is 23.3 Å². The van der Waals surface area contributed by atoms with Crippen molar-refractivity contribution in [3.05, 3.63) is 23.6 Å². The maximum absolute atomic E-state index is 9.20. The van der Waals surface area contributed by atoms with Gasteiger partial charge in [-0.25, -0.2) is 4.98 Å². The molecular formula is C24H35ClN4O3Si. The van der Waals surface area contributed by atoms with Crippen molar-refractivity contribution in [2.24, 2.45) is 5.92 Å². The summed E-state index contributed by atoms with van der Waals surface area (Å²) in [6.45, 7) is 16.3. The first kappa shape index (κ1) is 25.5. The van der Waals surface area contributed by atoms with Crippen LogP contribution >= 0.6 is 11.6 Å². The maximum Gasteiger partial charge on any atom is 0.240 e. The highest BCUT2D eigenvalue weighted by Crippen LogP contribution is 2.45. The van der Waals surface area contributed by atoms with Crippen LogP contribution in [0, 0.1) is 17.2 Å². The molecule has 0 radical (unpaired) electrons. The van der Waals surface area contributed by atoms with E-state index >= 15 is 0 Å². The molecule has 180 valence electrons. The van der Waals surface area contributed by atoms with E-state index in [0.29, 0.717) is 30.0 Å². The molecule has 0 bridgehead atoms. The summed E-state index contributed by atoms with van der Waals surface area (Å²) in [7, 11) is -1.80. The Hall–Kier alpha value is -2.08. The zero-order valence-corrected chi connectivity index (χ0v) is 22.4. The normalized spacial score (nSPS) is 19.1. The fourth-order valence-corrected chi connectivity index (χ4v) is 4.48. The van der Waals surface area contributed by atoms with Gasteiger partial charge < -0.3 is 13.9 Å². The summed E-state index contributed by atoms with van der Waals surface area (Å²) < 4.78 is 20.2. The van der Waals surface area contributed by atoms with E-state index in [1.807, 2.05) is 24.7 Å². The molecule has 1 fully saturated rings. The summed E-state index contributed by atoms with van der Waals surface area (Å²) in [5.74, 6) is 1.12. The van der Waals surface area contributed by atoms with Crippen molar-refractivity contribution in [3.63, 3.8) is 0 Å². The molecule has 0 aromatic carbocycles. The monoisotopic (exact) mass is 490 g/mol. The molecule has 9 heteroatoms. The number of halogens is 1. The minimum Gasteiger partial charge on any atom is -0.490 e. The van der Waals surface area contributed by atoms with Crippen LogP contribution in [0.15, 0.2) is 18.5 Å². The Kier molecular flexibility index (Phi) is 7.77. The van der Waals surface area contributed by atoms with Crippen molar-refractivity contribution in [3.8, 4) is 28.8 Å². The zero-order chi connectivity index (χ0) is 24.4. The summed E-state index contributed by atoms with van der Waals surface area (Å²) in [6.07, 6.45) is 5.08. The molecule has 1 saturated carbocycles. The summed E-state index contributed by atoms with van der Waals surface area (Å²) in [4.78, 5) is 4.27. The van der Waals surface area contributed by atoms with E-state index in [2.05, 4.69) is 50.0 Å². The Labute approximate surface area is 203 Å². The van der Waals surface area contributed by atoms with Crippen LogP contribution in [0.1, 0.15) is 53.5 Å². The van der Waals surface area contributed by atoms with Gasteiger partial charge in [-0.2, -0.15) is 5.26 Å². The maximum atomic E-state index is 9.20. The first-order valence-corrected chi connectivity index (χ1v) is 14.8. The van der Waals surface area contributed by atoms with Crippen molar-refractivity contribution < 1.29 is 13.9 Å². The number of nitrogens with zero attached hydrogens (tertiary/aromatic N) is 4. The van der Waals surface area contributed by atoms with E-state index < -0.39 is 8.32 Å². The van der Waals surface area contributed by atoms with Gasteiger partial charge in [0.1, 0.15) is 10.9 Å². The third-order valence-corrected chi connectivity index (χ3v) is 11.2. The van der Waals surface area contributed by atoms with Gasteiger partial charge in [0.25, 0.3) is 0 Å². The lowest BCUT2D eigenvalue weighted by Crippen LogP contribution is -2.41. The Morgan fingerprint density at radius 2 is 2.06 bits per heavy atom. The Morgan fingerprint density at radius 3 is 2.67 bits per heavy atom. The van der Waals surface area contributed by atoms with E-state index in [-0.39, 0.29) is 23.1 Å². The molecule has 3 rings (SSSR count). The lowest BCUT2D eigenvalue weighted by atomic mass is 10.1. The van der Waals surface area contributed by atoms with Gasteiger partial charge in [0.2, 0.25) is 5.88 Å². The number of aromatic nitrogens is 3. The second-order valence-corrected chi connectivity index (χ2v) is 15.3. The number of hydrogen-bond acceptors (Lipinski definition) is 6. The third kappa shape index (κ3) is 6.08. The number of pyridine rings is 1. The topological polar surface area (TPSA) is 82.2 Å². The molecule has 0 saturated heterocycles. The van der Waals surface area contributed by atoms with Crippen LogP contribution in [-0.2, 0) is 4.43 Å². The summed E-state index contributed by atoms with van der Waals surface area (Å²) in [6, 6.07) is 4.12. The molecule has 0 aliphatic heterocycles. The lowest BCUT2D eigenvalue weighted by molar-refractivity contribution is 0.171. The molecule has 1 aliphatic rings. The van der Waals surface area contributed by atoms with Crippen LogP contribution in [-0.4, -0.2) is 42.4 Å². The van der Waals surface area contributed by atoms with Crippen LogP contribution in [0.5, 0.6) is 11.6 Å². The van der Waals surface area contributed by atoms with Crippen molar-refractivity contribution in [2.45, 2.75) is 77.7 Å². The van der Waals surface area contributed by atoms with Gasteiger partial charge in [-0.05, 0) is 38.4 Å². The smallest absolute Gasteiger partial charge is 0.240 e. The average Bonchev–Trinajstić information content (AvgIpc) is 3.40. The van der Waals surface area contributed by atoms with Crippen LogP contribution in [0.4, 0.5) is 0 Å². The minimum absolute atomic E-state index is 0.00721. The fourth-order valence-electron chi connectivity index (χ4n) is 3.27. The molecule has 0 N–H and O–H groups in total. The summed E-state index contributed by atoms with van der Waals surface area (Å²) in [5.41, 5.74) is 1.55. The standard InChI is InChI=1S/C24H35ClN4O3Si/c1-8-30-23-19(15-29(28-23)20-11-17(20)13-26)18-14-27-22(25)12-21(18)32-16(2)9-10-31-33(6,7)24(3,4)5/h12,14-17,20H,8-11H2,1-7H3. The van der Waals surface area contributed by atoms with Gasteiger partial charge in [0.15, 0.2) is 8.32 Å². The Bertz CT molecular complexity index is 1010. The van der Waals surface area contributed by atoms with Crippen LogP contribution < -0.4 is 9.47 Å². The molecular weight excluding hydrogens is 456 g/mol. The molecule has 2 heterocycles. The molecule has 0 amide bonds. The first-order chi connectivity index (χ1) is 15.5. The highest BCUT2D eigenvalue weighted by molar-refractivity contribution is 6.74. The molecule has 33 heavy (non-hydrogen) atoms. The zero-order valence-electron chi connectivity index (χ0n) is 20.7. The molecule has 1 aliphatic carbocycles. The van der Waals surface area contributed by atoms with E-state index in [9.17, 15) is 5.26 Å². The number of hydrogen-bond donors (Lipinski definition) is 0. The SMILES string of the molecule is CCOc1nn(C2CC2C#N)cc1-c1cnc(Cl)cc1OC(C)CCO[Si](C)(C)C(C)(C)C. The minimum atomic E-state index is -1.80. The summed E-state index contributed by atoms with van der Waals surface area (Å²) >= 11 is 6.21. The predicted octanol–water partition coefficient (Wildman–Crippen LogP) is 6.26. The lowest BCUT2D eigenvalue weighted by Gasteiger charge is -2.36. The van der Waals surface area contributed by atoms with E-state index in [4.69, 9.17) is 25.5 Å². The van der Waals surface area contributed by atoms with E-state index in [1.54, 1.807) is 12.3 Å². The number of rotatable bonds is 10. The largest absolute Gasteiger partial charge is 0.490 e. The van der Waals surface area contributed by atoms with Crippen LogP contribution in [0.25, 0.3) is 11.1 Å². The molecule has 0 spiro atoms. The molecule has 7 nitrogen and oxygen atoms in total. The van der Waals surface area contributed by atoms with Gasteiger partial charge >= 0.3 is 0 Å². The van der Waals surface area contributed by atoms with Gasteiger partial charge in [0, 0.05) is 37.1 Å². The number of ether oxygens (including phenoxy) is 2. The average molecular weight is 491 g/mol. The Morgan fingerprint density at radius 1 is 1.33 bits per heavy atom. The summed E-state index contributed by atoms with van der Waals surface area (Å²) in [5, 5.41) is 14.3. The van der Waals surface area contributed by atoms with Gasteiger partial charge in [0.05, 0.1) is 36.3 Å². The van der Waals surface area contributed by atoms with Gasteiger partial charge in [-0.1, -0.05) is 32.4 Å². The highest BCUT2D eigenvalue weighted by atomic mass is 35.5. The third-order valence-electron chi connectivity index (χ3n) is 6.49. The first-order valence-electron chi connectivity index (χ1n) is 11.5. The van der Waals surface area contributed by atoms with Crippen molar-refractivity contribution in [1.29, 1.82) is 5.26 Å². The van der Waals surface area contributed by atoms with Crippen molar-refractivity contribution >= 4 is 19.9 Å². The highest BCUT2D eigenvalue weighted by Gasteiger charge is 2.40.